The third-order valence-electron chi connectivity index (χ3n) is 5.91. The quantitative estimate of drug-likeness (QED) is 0.604. The molecule has 4 rings (SSSR count). The molecule has 1 aromatic carbocycles. The van der Waals surface area contributed by atoms with E-state index in [1.165, 1.54) is 4.57 Å². The standard InChI is InChI=1S/C23H25F3N4O/c1-3-22-27-11-16(12-28-22)13-29-8-4-5-17(29)14-30-19-7-6-15(2)9-18(19)20(31)10-21(30)23(24,25)26/h6-7,9-12,17H,3-5,8,13-14H2,1-2H3/t17-/m1/s1. The summed E-state index contributed by atoms with van der Waals surface area (Å²) in [5.74, 6) is 0.770. The Kier molecular flexibility index (Phi) is 5.83. The summed E-state index contributed by atoms with van der Waals surface area (Å²) in [7, 11) is 0. The van der Waals surface area contributed by atoms with E-state index in [2.05, 4.69) is 14.9 Å². The second-order valence-corrected chi connectivity index (χ2v) is 8.15. The molecule has 0 aliphatic carbocycles. The molecule has 5 nitrogen and oxygen atoms in total. The highest BCUT2D eigenvalue weighted by atomic mass is 19.4. The van der Waals surface area contributed by atoms with Crippen LogP contribution in [0.1, 0.15) is 42.4 Å². The first-order valence-electron chi connectivity index (χ1n) is 10.5. The van der Waals surface area contributed by atoms with Gasteiger partial charge in [-0.3, -0.25) is 9.69 Å². The number of rotatable bonds is 5. The highest BCUT2D eigenvalue weighted by molar-refractivity contribution is 5.80. The van der Waals surface area contributed by atoms with Crippen LogP contribution in [-0.2, 0) is 25.7 Å². The first-order valence-corrected chi connectivity index (χ1v) is 10.5. The van der Waals surface area contributed by atoms with Crippen molar-refractivity contribution in [1.82, 2.24) is 19.4 Å². The first-order chi connectivity index (χ1) is 14.8. The molecule has 0 N–H and O–H groups in total. The molecular weight excluding hydrogens is 405 g/mol. The van der Waals surface area contributed by atoms with E-state index in [-0.39, 0.29) is 12.6 Å². The largest absolute Gasteiger partial charge is 0.431 e. The lowest BCUT2D eigenvalue weighted by Crippen LogP contribution is -2.35. The van der Waals surface area contributed by atoms with Crippen LogP contribution in [0.3, 0.4) is 0 Å². The van der Waals surface area contributed by atoms with Gasteiger partial charge in [0.2, 0.25) is 0 Å². The van der Waals surface area contributed by atoms with Gasteiger partial charge in [-0.2, -0.15) is 13.2 Å². The lowest BCUT2D eigenvalue weighted by atomic mass is 10.1. The number of benzene rings is 1. The highest BCUT2D eigenvalue weighted by Crippen LogP contribution is 2.32. The van der Waals surface area contributed by atoms with Crippen LogP contribution < -0.4 is 5.43 Å². The van der Waals surface area contributed by atoms with Crippen molar-refractivity contribution in [2.24, 2.45) is 0 Å². The molecule has 1 fully saturated rings. The summed E-state index contributed by atoms with van der Waals surface area (Å²) in [6.45, 7) is 5.38. The van der Waals surface area contributed by atoms with Crippen molar-refractivity contribution in [2.75, 3.05) is 6.54 Å². The Hall–Kier alpha value is -2.74. The van der Waals surface area contributed by atoms with E-state index in [0.29, 0.717) is 17.4 Å². The summed E-state index contributed by atoms with van der Waals surface area (Å²) in [6, 6.07) is 5.69. The lowest BCUT2D eigenvalue weighted by molar-refractivity contribution is -0.144. The maximum absolute atomic E-state index is 13.8. The molecule has 2 aromatic heterocycles. The number of halogens is 3. The van der Waals surface area contributed by atoms with Crippen molar-refractivity contribution in [2.45, 2.75) is 58.4 Å². The fourth-order valence-corrected chi connectivity index (χ4v) is 4.32. The molecule has 31 heavy (non-hydrogen) atoms. The summed E-state index contributed by atoms with van der Waals surface area (Å²) in [5, 5.41) is 0.320. The predicted octanol–water partition coefficient (Wildman–Crippen LogP) is 4.35. The first kappa shape index (κ1) is 21.5. The van der Waals surface area contributed by atoms with Crippen LogP contribution >= 0.6 is 0 Å². The minimum Gasteiger partial charge on any atom is -0.335 e. The van der Waals surface area contributed by atoms with Crippen LogP contribution in [0, 0.1) is 6.92 Å². The maximum Gasteiger partial charge on any atom is 0.431 e. The zero-order valence-corrected chi connectivity index (χ0v) is 17.6. The van der Waals surface area contributed by atoms with Crippen LogP contribution in [0.15, 0.2) is 41.5 Å². The van der Waals surface area contributed by atoms with Gasteiger partial charge in [0.05, 0.1) is 5.52 Å². The van der Waals surface area contributed by atoms with Crippen LogP contribution in [0.2, 0.25) is 0 Å². The number of likely N-dealkylation sites (tertiary alicyclic amines) is 1. The molecule has 0 bridgehead atoms. The van der Waals surface area contributed by atoms with Gasteiger partial charge < -0.3 is 4.57 Å². The number of pyridine rings is 1. The minimum absolute atomic E-state index is 0.0704. The van der Waals surface area contributed by atoms with Gasteiger partial charge in [-0.15, -0.1) is 0 Å². The molecule has 164 valence electrons. The minimum atomic E-state index is -4.61. The molecule has 1 aliphatic rings. The van der Waals surface area contributed by atoms with Gasteiger partial charge in [0.1, 0.15) is 11.5 Å². The summed E-state index contributed by atoms with van der Waals surface area (Å²) in [4.78, 5) is 23.2. The summed E-state index contributed by atoms with van der Waals surface area (Å²) in [5.41, 5.74) is 0.623. The molecule has 0 radical (unpaired) electrons. The maximum atomic E-state index is 13.8. The molecule has 1 saturated heterocycles. The molecule has 1 aliphatic heterocycles. The number of hydrogen-bond acceptors (Lipinski definition) is 4. The summed E-state index contributed by atoms with van der Waals surface area (Å²) < 4.78 is 42.8. The molecule has 0 unspecified atom stereocenters. The number of fused-ring (bicyclic) bond motifs is 1. The number of alkyl halides is 3. The normalized spacial score (nSPS) is 17.5. The zero-order valence-electron chi connectivity index (χ0n) is 17.6. The Morgan fingerprint density at radius 2 is 1.90 bits per heavy atom. The number of aryl methyl sites for hydroxylation is 2. The van der Waals surface area contributed by atoms with Gasteiger partial charge in [0.15, 0.2) is 5.43 Å². The van der Waals surface area contributed by atoms with Crippen molar-refractivity contribution < 1.29 is 13.2 Å². The Morgan fingerprint density at radius 1 is 1.16 bits per heavy atom. The Labute approximate surface area is 178 Å². The Bertz CT molecular complexity index is 1140. The second-order valence-electron chi connectivity index (χ2n) is 8.15. The van der Waals surface area contributed by atoms with Crippen LogP contribution in [0.25, 0.3) is 10.9 Å². The molecule has 0 saturated carbocycles. The zero-order chi connectivity index (χ0) is 22.2. The van der Waals surface area contributed by atoms with Crippen molar-refractivity contribution in [1.29, 1.82) is 0 Å². The van der Waals surface area contributed by atoms with Gasteiger partial charge in [-0.1, -0.05) is 18.6 Å². The molecule has 0 amide bonds. The second kappa shape index (κ2) is 8.42. The molecule has 3 heterocycles. The van der Waals surface area contributed by atoms with E-state index in [4.69, 9.17) is 0 Å². The van der Waals surface area contributed by atoms with Crippen LogP contribution in [-0.4, -0.2) is 32.0 Å². The molecule has 1 atom stereocenters. The predicted molar refractivity (Wildman–Crippen MR) is 113 cm³/mol. The van der Waals surface area contributed by atoms with Crippen molar-refractivity contribution in [3.8, 4) is 0 Å². The monoisotopic (exact) mass is 430 g/mol. The average Bonchev–Trinajstić information content (AvgIpc) is 3.16. The Balaban J connectivity index is 1.69. The lowest BCUT2D eigenvalue weighted by Gasteiger charge is -2.28. The van der Waals surface area contributed by atoms with Crippen molar-refractivity contribution >= 4 is 10.9 Å². The van der Waals surface area contributed by atoms with E-state index in [0.717, 1.165) is 48.8 Å². The molecule has 0 spiro atoms. The van der Waals surface area contributed by atoms with Gasteiger partial charge in [0, 0.05) is 55.0 Å². The molecule has 8 heteroatoms. The summed E-state index contributed by atoms with van der Waals surface area (Å²) in [6.07, 6.45) is 1.44. The Morgan fingerprint density at radius 3 is 2.58 bits per heavy atom. The van der Waals surface area contributed by atoms with E-state index < -0.39 is 17.3 Å². The van der Waals surface area contributed by atoms with Gasteiger partial charge in [-0.25, -0.2) is 9.97 Å². The number of hydrogen-bond donors (Lipinski definition) is 0. The topological polar surface area (TPSA) is 51.0 Å². The molecule has 3 aromatic rings. The third kappa shape index (κ3) is 4.49. The van der Waals surface area contributed by atoms with Crippen LogP contribution in [0.5, 0.6) is 0 Å². The van der Waals surface area contributed by atoms with Gasteiger partial charge in [0.25, 0.3) is 0 Å². The SMILES string of the molecule is CCc1ncc(CN2CCC[C@@H]2Cn2c(C(F)(F)F)cc(=O)c3cc(C)ccc32)cn1. The fourth-order valence-electron chi connectivity index (χ4n) is 4.32. The van der Waals surface area contributed by atoms with Crippen LogP contribution in [0.4, 0.5) is 13.2 Å². The number of nitrogens with zero attached hydrogens (tertiary/aromatic N) is 4. The van der Waals surface area contributed by atoms with Crippen molar-refractivity contribution in [3.63, 3.8) is 0 Å². The van der Waals surface area contributed by atoms with E-state index >= 15 is 0 Å². The molecular formula is C23H25F3N4O. The van der Waals surface area contributed by atoms with Gasteiger partial charge >= 0.3 is 6.18 Å². The fraction of sp³-hybridized carbons (Fsp3) is 0.435. The van der Waals surface area contributed by atoms with E-state index in [9.17, 15) is 18.0 Å². The smallest absolute Gasteiger partial charge is 0.335 e. The highest BCUT2D eigenvalue weighted by Gasteiger charge is 2.36. The summed E-state index contributed by atoms with van der Waals surface area (Å²) >= 11 is 0. The van der Waals surface area contributed by atoms with Crippen molar-refractivity contribution in [3.05, 3.63) is 69.5 Å². The van der Waals surface area contributed by atoms with Gasteiger partial charge in [-0.05, 0) is 38.4 Å². The number of aromatic nitrogens is 3. The average molecular weight is 430 g/mol. The van der Waals surface area contributed by atoms with E-state index in [1.807, 2.05) is 13.8 Å². The third-order valence-corrected chi connectivity index (χ3v) is 5.91. The van der Waals surface area contributed by atoms with E-state index in [1.54, 1.807) is 30.6 Å².